The minimum atomic E-state index is -0.152. The Hall–Kier alpha value is -1.03. The SMILES string of the molecule is CCc1ccsc1C(N)c1cc(Cl)cc2c1OCC2. The molecule has 1 aliphatic rings. The molecule has 0 spiro atoms. The van der Waals surface area contributed by atoms with E-state index in [0.29, 0.717) is 0 Å². The third-order valence-electron chi connectivity index (χ3n) is 3.56. The van der Waals surface area contributed by atoms with Gasteiger partial charge in [-0.25, -0.2) is 0 Å². The summed E-state index contributed by atoms with van der Waals surface area (Å²) in [5, 5.41) is 2.84. The number of rotatable bonds is 3. The lowest BCUT2D eigenvalue weighted by Crippen LogP contribution is -2.13. The van der Waals surface area contributed by atoms with E-state index in [2.05, 4.69) is 18.4 Å². The van der Waals surface area contributed by atoms with E-state index in [0.717, 1.165) is 35.8 Å². The molecule has 0 radical (unpaired) electrons. The van der Waals surface area contributed by atoms with Crippen LogP contribution in [0.1, 0.15) is 34.5 Å². The van der Waals surface area contributed by atoms with Gasteiger partial charge in [-0.05, 0) is 41.1 Å². The average Bonchev–Trinajstić information content (AvgIpc) is 3.04. The molecular weight excluding hydrogens is 278 g/mol. The Kier molecular flexibility index (Phi) is 3.52. The molecule has 0 bridgehead atoms. The smallest absolute Gasteiger partial charge is 0.127 e. The summed E-state index contributed by atoms with van der Waals surface area (Å²) in [6.07, 6.45) is 1.91. The van der Waals surface area contributed by atoms with Gasteiger partial charge in [0.1, 0.15) is 5.75 Å². The number of hydrogen-bond acceptors (Lipinski definition) is 3. The van der Waals surface area contributed by atoms with Gasteiger partial charge in [-0.15, -0.1) is 11.3 Å². The lowest BCUT2D eigenvalue weighted by Gasteiger charge is -2.16. The minimum Gasteiger partial charge on any atom is -0.493 e. The summed E-state index contributed by atoms with van der Waals surface area (Å²) in [5.74, 6) is 0.937. The Morgan fingerprint density at radius 3 is 3.11 bits per heavy atom. The van der Waals surface area contributed by atoms with Crippen LogP contribution in [0.15, 0.2) is 23.6 Å². The fourth-order valence-corrected chi connectivity index (χ4v) is 3.85. The third kappa shape index (κ3) is 2.27. The third-order valence-corrected chi connectivity index (χ3v) is 4.82. The molecule has 1 aromatic heterocycles. The molecule has 2 aromatic rings. The predicted octanol–water partition coefficient (Wildman–Crippen LogP) is 3.95. The molecule has 3 rings (SSSR count). The first kappa shape index (κ1) is 13.0. The molecule has 1 unspecified atom stereocenters. The average molecular weight is 294 g/mol. The Labute approximate surface area is 122 Å². The highest BCUT2D eigenvalue weighted by Gasteiger charge is 2.24. The van der Waals surface area contributed by atoms with Crippen molar-refractivity contribution in [3.8, 4) is 5.75 Å². The van der Waals surface area contributed by atoms with Gasteiger partial charge in [0.25, 0.3) is 0 Å². The molecule has 1 atom stereocenters. The molecule has 0 aliphatic carbocycles. The zero-order valence-electron chi connectivity index (χ0n) is 10.8. The van der Waals surface area contributed by atoms with Crippen LogP contribution < -0.4 is 10.5 Å². The highest BCUT2D eigenvalue weighted by Crippen LogP contribution is 2.39. The van der Waals surface area contributed by atoms with Crippen LogP contribution in [0.5, 0.6) is 5.75 Å². The van der Waals surface area contributed by atoms with Gasteiger partial charge in [-0.3, -0.25) is 0 Å². The summed E-state index contributed by atoms with van der Waals surface area (Å²) in [4.78, 5) is 1.21. The number of aryl methyl sites for hydroxylation is 1. The van der Waals surface area contributed by atoms with E-state index < -0.39 is 0 Å². The summed E-state index contributed by atoms with van der Waals surface area (Å²) in [7, 11) is 0. The Balaban J connectivity index is 2.07. The number of fused-ring (bicyclic) bond motifs is 1. The highest BCUT2D eigenvalue weighted by molar-refractivity contribution is 7.10. The van der Waals surface area contributed by atoms with Crippen molar-refractivity contribution in [3.63, 3.8) is 0 Å². The van der Waals surface area contributed by atoms with E-state index in [-0.39, 0.29) is 6.04 Å². The van der Waals surface area contributed by atoms with Crippen molar-refractivity contribution in [2.24, 2.45) is 5.73 Å². The van der Waals surface area contributed by atoms with E-state index in [4.69, 9.17) is 22.1 Å². The van der Waals surface area contributed by atoms with Crippen LogP contribution in [-0.4, -0.2) is 6.61 Å². The molecule has 2 nitrogen and oxygen atoms in total. The molecule has 100 valence electrons. The van der Waals surface area contributed by atoms with Crippen LogP contribution in [0.2, 0.25) is 5.02 Å². The fraction of sp³-hybridized carbons (Fsp3) is 0.333. The van der Waals surface area contributed by atoms with Gasteiger partial charge in [0.05, 0.1) is 12.6 Å². The normalized spacial score (nSPS) is 15.1. The number of halogens is 1. The van der Waals surface area contributed by atoms with Crippen LogP contribution in [0, 0.1) is 0 Å². The lowest BCUT2D eigenvalue weighted by atomic mass is 9.99. The summed E-state index contributed by atoms with van der Waals surface area (Å²) in [6.45, 7) is 2.87. The number of nitrogens with two attached hydrogens (primary N) is 1. The van der Waals surface area contributed by atoms with Crippen molar-refractivity contribution in [2.75, 3.05) is 6.61 Å². The second-order valence-electron chi connectivity index (χ2n) is 4.72. The second kappa shape index (κ2) is 5.16. The van der Waals surface area contributed by atoms with Crippen LogP contribution in [0.4, 0.5) is 0 Å². The summed E-state index contributed by atoms with van der Waals surface area (Å²) < 4.78 is 5.74. The van der Waals surface area contributed by atoms with E-state index in [1.54, 1.807) is 11.3 Å². The van der Waals surface area contributed by atoms with Crippen molar-refractivity contribution in [1.82, 2.24) is 0 Å². The summed E-state index contributed by atoms with van der Waals surface area (Å²) in [6, 6.07) is 5.91. The van der Waals surface area contributed by atoms with Gasteiger partial charge in [0.2, 0.25) is 0 Å². The fourth-order valence-electron chi connectivity index (χ4n) is 2.58. The van der Waals surface area contributed by atoms with Crippen molar-refractivity contribution >= 4 is 22.9 Å². The van der Waals surface area contributed by atoms with Crippen molar-refractivity contribution in [1.29, 1.82) is 0 Å². The maximum Gasteiger partial charge on any atom is 0.127 e. The molecule has 4 heteroatoms. The Morgan fingerprint density at radius 2 is 2.32 bits per heavy atom. The zero-order chi connectivity index (χ0) is 13.4. The predicted molar refractivity (Wildman–Crippen MR) is 80.4 cm³/mol. The van der Waals surface area contributed by atoms with Crippen LogP contribution >= 0.6 is 22.9 Å². The van der Waals surface area contributed by atoms with Crippen molar-refractivity contribution in [2.45, 2.75) is 25.8 Å². The largest absolute Gasteiger partial charge is 0.493 e. The van der Waals surface area contributed by atoms with Gasteiger partial charge in [0, 0.05) is 21.9 Å². The standard InChI is InChI=1S/C15H16ClNOS/c1-2-9-4-6-19-15(9)13(17)12-8-11(16)7-10-3-5-18-14(10)12/h4,6-8,13H,2-3,5,17H2,1H3. The van der Waals surface area contributed by atoms with E-state index in [9.17, 15) is 0 Å². The molecule has 1 aromatic carbocycles. The van der Waals surface area contributed by atoms with Gasteiger partial charge in [-0.1, -0.05) is 18.5 Å². The topological polar surface area (TPSA) is 35.2 Å². The first-order valence-electron chi connectivity index (χ1n) is 6.47. The summed E-state index contributed by atoms with van der Waals surface area (Å²) >= 11 is 7.90. The van der Waals surface area contributed by atoms with Crippen molar-refractivity contribution in [3.05, 3.63) is 50.2 Å². The lowest BCUT2D eigenvalue weighted by molar-refractivity contribution is 0.352. The van der Waals surface area contributed by atoms with Gasteiger partial charge >= 0.3 is 0 Å². The van der Waals surface area contributed by atoms with Crippen LogP contribution in [0.25, 0.3) is 0 Å². The first-order valence-corrected chi connectivity index (χ1v) is 7.73. The second-order valence-corrected chi connectivity index (χ2v) is 6.11. The zero-order valence-corrected chi connectivity index (χ0v) is 12.4. The number of ether oxygens (including phenoxy) is 1. The first-order chi connectivity index (χ1) is 9.20. The van der Waals surface area contributed by atoms with Gasteiger partial charge in [0.15, 0.2) is 0 Å². The molecular formula is C15H16ClNOS. The van der Waals surface area contributed by atoms with Gasteiger partial charge in [-0.2, -0.15) is 0 Å². The molecule has 2 N–H and O–H groups in total. The molecule has 0 saturated heterocycles. The van der Waals surface area contributed by atoms with Crippen LogP contribution in [0.3, 0.4) is 0 Å². The van der Waals surface area contributed by atoms with E-state index in [1.165, 1.54) is 16.0 Å². The molecule has 1 aliphatic heterocycles. The van der Waals surface area contributed by atoms with Gasteiger partial charge < -0.3 is 10.5 Å². The monoisotopic (exact) mass is 293 g/mol. The molecule has 0 saturated carbocycles. The quantitative estimate of drug-likeness (QED) is 0.930. The minimum absolute atomic E-state index is 0.152. The number of benzene rings is 1. The van der Waals surface area contributed by atoms with Crippen molar-refractivity contribution < 1.29 is 4.74 Å². The van der Waals surface area contributed by atoms with Crippen LogP contribution in [-0.2, 0) is 12.8 Å². The molecule has 0 amide bonds. The summed E-state index contributed by atoms with van der Waals surface area (Å²) in [5.41, 5.74) is 9.95. The maximum absolute atomic E-state index is 6.45. The molecule has 19 heavy (non-hydrogen) atoms. The molecule has 0 fully saturated rings. The molecule has 2 heterocycles. The number of thiophene rings is 1. The Bertz CT molecular complexity index is 608. The Morgan fingerprint density at radius 1 is 1.47 bits per heavy atom. The maximum atomic E-state index is 6.45. The number of hydrogen-bond donors (Lipinski definition) is 1. The highest BCUT2D eigenvalue weighted by atomic mass is 35.5. The van der Waals surface area contributed by atoms with E-state index >= 15 is 0 Å². The van der Waals surface area contributed by atoms with E-state index in [1.807, 2.05) is 12.1 Å².